The highest BCUT2D eigenvalue weighted by atomic mass is 32.1. The van der Waals surface area contributed by atoms with Crippen LogP contribution in [-0.4, -0.2) is 0 Å². The highest BCUT2D eigenvalue weighted by Crippen LogP contribution is 2.51. The third-order valence-corrected chi connectivity index (χ3v) is 11.7. The summed E-state index contributed by atoms with van der Waals surface area (Å²) < 4.78 is 2.67. The molecule has 0 atom stereocenters. The van der Waals surface area contributed by atoms with Gasteiger partial charge in [-0.1, -0.05) is 123 Å². The molecule has 1 nitrogen and oxygen atoms in total. The lowest BCUT2D eigenvalue weighted by molar-refractivity contribution is 0.660. The molecule has 0 bridgehead atoms. The number of rotatable bonds is 4. The minimum atomic E-state index is -0.0405. The van der Waals surface area contributed by atoms with Crippen LogP contribution >= 0.6 is 11.3 Å². The van der Waals surface area contributed by atoms with Crippen molar-refractivity contribution in [2.24, 2.45) is 0 Å². The number of fused-ring (bicyclic) bond motifs is 8. The van der Waals surface area contributed by atoms with Crippen molar-refractivity contribution in [3.05, 3.63) is 175 Å². The van der Waals surface area contributed by atoms with Crippen molar-refractivity contribution in [3.63, 3.8) is 0 Å². The maximum absolute atomic E-state index is 2.44. The number of anilines is 3. The van der Waals surface area contributed by atoms with Crippen LogP contribution in [0.3, 0.4) is 0 Å². The number of hydrogen-bond donors (Lipinski definition) is 0. The van der Waals surface area contributed by atoms with Crippen LogP contribution in [0.1, 0.15) is 25.0 Å². The molecule has 0 fully saturated rings. The molecule has 2 heteroatoms. The number of benzene rings is 8. The third kappa shape index (κ3) is 4.38. The van der Waals surface area contributed by atoms with Crippen LogP contribution in [0.15, 0.2) is 164 Å². The molecule has 1 aliphatic carbocycles. The Bertz CT molecular complexity index is 2760. The molecule has 1 heterocycles. The Balaban J connectivity index is 1.19. The van der Waals surface area contributed by atoms with E-state index in [1.807, 2.05) is 11.3 Å². The van der Waals surface area contributed by atoms with E-state index in [0.29, 0.717) is 0 Å². The summed E-state index contributed by atoms with van der Waals surface area (Å²) in [4.78, 5) is 2.44. The molecular formula is C47H33NS. The fourth-order valence-electron chi connectivity index (χ4n) is 8.18. The lowest BCUT2D eigenvalue weighted by Gasteiger charge is -2.28. The molecule has 10 rings (SSSR count). The molecule has 0 spiro atoms. The normalized spacial score (nSPS) is 13.3. The van der Waals surface area contributed by atoms with E-state index in [0.717, 1.165) is 17.1 Å². The van der Waals surface area contributed by atoms with Gasteiger partial charge in [0, 0.05) is 42.6 Å². The first-order valence-electron chi connectivity index (χ1n) is 17.0. The van der Waals surface area contributed by atoms with Crippen LogP contribution in [0.5, 0.6) is 0 Å². The Morgan fingerprint density at radius 3 is 2.04 bits per heavy atom. The van der Waals surface area contributed by atoms with Crippen LogP contribution in [0.4, 0.5) is 17.1 Å². The van der Waals surface area contributed by atoms with Crippen LogP contribution in [0.25, 0.3) is 64.0 Å². The van der Waals surface area contributed by atoms with Gasteiger partial charge in [-0.15, -0.1) is 11.3 Å². The zero-order valence-electron chi connectivity index (χ0n) is 27.4. The van der Waals surface area contributed by atoms with Gasteiger partial charge in [0.2, 0.25) is 0 Å². The fraction of sp³-hybridized carbons (Fsp3) is 0.0638. The van der Waals surface area contributed by atoms with Gasteiger partial charge in [-0.2, -0.15) is 0 Å². The van der Waals surface area contributed by atoms with Crippen LogP contribution in [0.2, 0.25) is 0 Å². The average molecular weight is 644 g/mol. The summed E-state index contributed by atoms with van der Waals surface area (Å²) in [5.74, 6) is 0. The largest absolute Gasteiger partial charge is 0.310 e. The molecular weight excluding hydrogens is 611 g/mol. The Morgan fingerprint density at radius 1 is 0.408 bits per heavy atom. The second-order valence-electron chi connectivity index (χ2n) is 13.8. The molecule has 0 amide bonds. The van der Waals surface area contributed by atoms with E-state index in [2.05, 4.69) is 183 Å². The second kappa shape index (κ2) is 10.7. The highest BCUT2D eigenvalue weighted by molar-refractivity contribution is 7.25. The minimum Gasteiger partial charge on any atom is -0.310 e. The van der Waals surface area contributed by atoms with Gasteiger partial charge >= 0.3 is 0 Å². The summed E-state index contributed by atoms with van der Waals surface area (Å²) in [5.41, 5.74) is 11.3. The van der Waals surface area contributed by atoms with Gasteiger partial charge in [-0.05, 0) is 110 Å². The molecule has 0 N–H and O–H groups in total. The van der Waals surface area contributed by atoms with Crippen LogP contribution < -0.4 is 4.90 Å². The first kappa shape index (κ1) is 28.3. The van der Waals surface area contributed by atoms with Gasteiger partial charge in [0.1, 0.15) is 0 Å². The van der Waals surface area contributed by atoms with E-state index in [4.69, 9.17) is 0 Å². The van der Waals surface area contributed by atoms with Crippen molar-refractivity contribution in [1.29, 1.82) is 0 Å². The molecule has 8 aromatic carbocycles. The number of nitrogens with zero attached hydrogens (tertiary/aromatic N) is 1. The van der Waals surface area contributed by atoms with Crippen LogP contribution in [0, 0.1) is 0 Å². The second-order valence-corrected chi connectivity index (χ2v) is 14.9. The first-order valence-corrected chi connectivity index (χ1v) is 17.8. The molecule has 0 saturated carbocycles. The van der Waals surface area contributed by atoms with Gasteiger partial charge in [0.15, 0.2) is 0 Å². The highest BCUT2D eigenvalue weighted by Gasteiger charge is 2.35. The Labute approximate surface area is 290 Å². The SMILES string of the molecule is CC1(C)c2ccccc2-c2cc(N(c3cccc(-c4cccc5ccccc45)c3)c3ccc4cc5sc6ccccc6c5cc4c3)ccc21. The van der Waals surface area contributed by atoms with E-state index in [-0.39, 0.29) is 5.41 Å². The summed E-state index contributed by atoms with van der Waals surface area (Å²) in [7, 11) is 0. The summed E-state index contributed by atoms with van der Waals surface area (Å²) in [6.45, 7) is 4.70. The Kier molecular flexibility index (Phi) is 6.16. The zero-order chi connectivity index (χ0) is 32.7. The molecule has 49 heavy (non-hydrogen) atoms. The smallest absolute Gasteiger partial charge is 0.0468 e. The Hall–Kier alpha value is -5.70. The molecule has 1 aromatic heterocycles. The summed E-state index contributed by atoms with van der Waals surface area (Å²) in [5, 5.41) is 7.68. The predicted octanol–water partition coefficient (Wildman–Crippen LogP) is 13.8. The average Bonchev–Trinajstić information content (AvgIpc) is 3.61. The summed E-state index contributed by atoms with van der Waals surface area (Å²) in [6.07, 6.45) is 0. The number of thiophene rings is 1. The zero-order valence-corrected chi connectivity index (χ0v) is 28.3. The topological polar surface area (TPSA) is 3.24 Å². The fourth-order valence-corrected chi connectivity index (χ4v) is 9.32. The lowest BCUT2D eigenvalue weighted by atomic mass is 9.82. The molecule has 0 radical (unpaired) electrons. The van der Waals surface area contributed by atoms with E-state index in [1.54, 1.807) is 0 Å². The maximum Gasteiger partial charge on any atom is 0.0468 e. The molecule has 0 unspecified atom stereocenters. The van der Waals surface area contributed by atoms with Crippen molar-refractivity contribution >= 4 is 70.1 Å². The standard InChI is InChI=1S/C47H33NS/c1-47(2)43-19-7-5-16-39(43)41-29-36(23-24-44(41)47)48(34-14-9-13-32(25-34)38-18-10-12-30-11-3-4-15-37(30)38)35-22-21-31-28-46-42(27-33(31)26-35)40-17-6-8-20-45(40)49-46/h3-29H,1-2H3. The van der Waals surface area contributed by atoms with Gasteiger partial charge in [-0.3, -0.25) is 0 Å². The molecule has 232 valence electrons. The monoisotopic (exact) mass is 643 g/mol. The van der Waals surface area contributed by atoms with Crippen molar-refractivity contribution in [3.8, 4) is 22.3 Å². The number of hydrogen-bond acceptors (Lipinski definition) is 2. The lowest BCUT2D eigenvalue weighted by Crippen LogP contribution is -2.15. The molecule has 0 saturated heterocycles. The van der Waals surface area contributed by atoms with Gasteiger partial charge in [0.25, 0.3) is 0 Å². The molecule has 0 aliphatic heterocycles. The quantitative estimate of drug-likeness (QED) is 0.184. The van der Waals surface area contributed by atoms with Gasteiger partial charge in [0.05, 0.1) is 0 Å². The van der Waals surface area contributed by atoms with Crippen LogP contribution in [-0.2, 0) is 5.41 Å². The van der Waals surface area contributed by atoms with Crippen molar-refractivity contribution < 1.29 is 0 Å². The van der Waals surface area contributed by atoms with Crippen molar-refractivity contribution in [2.45, 2.75) is 19.3 Å². The van der Waals surface area contributed by atoms with E-state index >= 15 is 0 Å². The molecule has 9 aromatic rings. The van der Waals surface area contributed by atoms with Crippen molar-refractivity contribution in [2.75, 3.05) is 4.90 Å². The molecule has 1 aliphatic rings. The van der Waals surface area contributed by atoms with E-state index < -0.39 is 0 Å². The summed E-state index contributed by atoms with van der Waals surface area (Å²) in [6, 6.07) is 60.8. The predicted molar refractivity (Wildman–Crippen MR) is 212 cm³/mol. The van der Waals surface area contributed by atoms with Gasteiger partial charge < -0.3 is 4.90 Å². The minimum absolute atomic E-state index is 0.0405. The van der Waals surface area contributed by atoms with Crippen molar-refractivity contribution in [1.82, 2.24) is 0 Å². The summed E-state index contributed by atoms with van der Waals surface area (Å²) >= 11 is 1.88. The van der Waals surface area contributed by atoms with E-state index in [1.165, 1.54) is 75.1 Å². The van der Waals surface area contributed by atoms with E-state index in [9.17, 15) is 0 Å². The third-order valence-electron chi connectivity index (χ3n) is 10.6. The maximum atomic E-state index is 2.44. The first-order chi connectivity index (χ1) is 24.0. The Morgan fingerprint density at radius 2 is 1.10 bits per heavy atom. The van der Waals surface area contributed by atoms with Gasteiger partial charge in [-0.25, -0.2) is 0 Å².